The van der Waals surface area contributed by atoms with Crippen molar-refractivity contribution >= 4 is 5.97 Å². The van der Waals surface area contributed by atoms with Crippen molar-refractivity contribution in [2.24, 2.45) is 11.3 Å². The minimum atomic E-state index is -0.0144. The third-order valence-corrected chi connectivity index (χ3v) is 3.32. The molecule has 0 fully saturated rings. The standard InChI is InChI=1S/C17H34O2/c1-6-7-8-9-10-11-16(18)19-13-12-15(2)14-17(3,4)5/h15H,6-14H2,1-5H3. The molecule has 0 amide bonds. The first-order valence-electron chi connectivity index (χ1n) is 8.00. The zero-order chi connectivity index (χ0) is 14.7. The van der Waals surface area contributed by atoms with Crippen LogP contribution in [0.2, 0.25) is 0 Å². The molecule has 0 aromatic heterocycles. The van der Waals surface area contributed by atoms with Gasteiger partial charge in [-0.15, -0.1) is 0 Å². The van der Waals surface area contributed by atoms with E-state index in [4.69, 9.17) is 4.74 Å². The molecule has 0 radical (unpaired) electrons. The molecule has 0 bridgehead atoms. The Bertz CT molecular complexity index is 228. The Balaban J connectivity index is 3.47. The Morgan fingerprint density at radius 1 is 1.11 bits per heavy atom. The molecule has 0 spiro atoms. The average molecular weight is 270 g/mol. The Morgan fingerprint density at radius 3 is 2.32 bits per heavy atom. The van der Waals surface area contributed by atoms with Crippen LogP contribution in [-0.2, 0) is 9.53 Å². The summed E-state index contributed by atoms with van der Waals surface area (Å²) in [5, 5.41) is 0. The van der Waals surface area contributed by atoms with Gasteiger partial charge in [0.2, 0.25) is 0 Å². The highest BCUT2D eigenvalue weighted by atomic mass is 16.5. The molecule has 0 aliphatic rings. The van der Waals surface area contributed by atoms with Gasteiger partial charge >= 0.3 is 5.97 Å². The molecule has 0 saturated heterocycles. The van der Waals surface area contributed by atoms with Crippen molar-refractivity contribution in [3.8, 4) is 0 Å². The minimum Gasteiger partial charge on any atom is -0.466 e. The second-order valence-corrected chi connectivity index (χ2v) is 7.04. The number of ether oxygens (including phenoxy) is 1. The minimum absolute atomic E-state index is 0.0144. The van der Waals surface area contributed by atoms with E-state index in [9.17, 15) is 4.79 Å². The SMILES string of the molecule is CCCCCCCC(=O)OCCC(C)CC(C)(C)C. The fraction of sp³-hybridized carbons (Fsp3) is 0.941. The third-order valence-electron chi connectivity index (χ3n) is 3.32. The van der Waals surface area contributed by atoms with Gasteiger partial charge < -0.3 is 4.74 Å². The summed E-state index contributed by atoms with van der Waals surface area (Å²) in [6.45, 7) is 11.8. The molecule has 0 N–H and O–H groups in total. The lowest BCUT2D eigenvalue weighted by atomic mass is 9.84. The Kier molecular flexibility index (Phi) is 9.99. The number of rotatable bonds is 10. The van der Waals surface area contributed by atoms with Gasteiger partial charge in [-0.05, 0) is 30.6 Å². The number of carbonyl (C=O) groups excluding carboxylic acids is 1. The molecule has 1 unspecified atom stereocenters. The first kappa shape index (κ1) is 18.5. The van der Waals surface area contributed by atoms with E-state index in [1.807, 2.05) is 0 Å². The van der Waals surface area contributed by atoms with Crippen LogP contribution in [0.15, 0.2) is 0 Å². The highest BCUT2D eigenvalue weighted by Gasteiger charge is 2.15. The average Bonchev–Trinajstić information content (AvgIpc) is 2.26. The van der Waals surface area contributed by atoms with Gasteiger partial charge in [-0.25, -0.2) is 0 Å². The van der Waals surface area contributed by atoms with Crippen molar-refractivity contribution in [1.29, 1.82) is 0 Å². The summed E-state index contributed by atoms with van der Waals surface area (Å²) in [6, 6.07) is 0. The van der Waals surface area contributed by atoms with E-state index < -0.39 is 0 Å². The van der Waals surface area contributed by atoms with E-state index in [1.54, 1.807) is 0 Å². The van der Waals surface area contributed by atoms with Crippen molar-refractivity contribution < 1.29 is 9.53 Å². The normalized spacial score (nSPS) is 13.3. The van der Waals surface area contributed by atoms with Gasteiger partial charge in [0.05, 0.1) is 6.61 Å². The lowest BCUT2D eigenvalue weighted by molar-refractivity contribution is -0.144. The van der Waals surface area contributed by atoms with Gasteiger partial charge in [-0.2, -0.15) is 0 Å². The highest BCUT2D eigenvalue weighted by Crippen LogP contribution is 2.25. The van der Waals surface area contributed by atoms with Crippen molar-refractivity contribution in [3.05, 3.63) is 0 Å². The second kappa shape index (κ2) is 10.3. The van der Waals surface area contributed by atoms with E-state index >= 15 is 0 Å². The van der Waals surface area contributed by atoms with E-state index in [-0.39, 0.29) is 5.97 Å². The molecule has 0 aromatic rings. The fourth-order valence-electron chi connectivity index (χ4n) is 2.47. The van der Waals surface area contributed by atoms with Crippen LogP contribution < -0.4 is 0 Å². The van der Waals surface area contributed by atoms with Crippen molar-refractivity contribution in [3.63, 3.8) is 0 Å². The monoisotopic (exact) mass is 270 g/mol. The summed E-state index contributed by atoms with van der Waals surface area (Å²) in [7, 11) is 0. The Labute approximate surface area is 120 Å². The molecular formula is C17H34O2. The molecule has 0 aromatic carbocycles. The molecule has 0 heterocycles. The van der Waals surface area contributed by atoms with E-state index in [0.29, 0.717) is 24.4 Å². The lowest BCUT2D eigenvalue weighted by Crippen LogP contribution is -2.14. The second-order valence-electron chi connectivity index (χ2n) is 7.04. The van der Waals surface area contributed by atoms with Crippen LogP contribution in [0.4, 0.5) is 0 Å². The van der Waals surface area contributed by atoms with Crippen LogP contribution in [0.25, 0.3) is 0 Å². The summed E-state index contributed by atoms with van der Waals surface area (Å²) in [4.78, 5) is 11.5. The number of hydrogen-bond acceptors (Lipinski definition) is 2. The smallest absolute Gasteiger partial charge is 0.305 e. The predicted molar refractivity (Wildman–Crippen MR) is 82.2 cm³/mol. The number of carbonyl (C=O) groups is 1. The number of hydrogen-bond donors (Lipinski definition) is 0. The van der Waals surface area contributed by atoms with Crippen LogP contribution in [0.5, 0.6) is 0 Å². The van der Waals surface area contributed by atoms with Crippen LogP contribution in [-0.4, -0.2) is 12.6 Å². The molecule has 2 nitrogen and oxygen atoms in total. The predicted octanol–water partition coefficient (Wildman–Crippen LogP) is 5.35. The van der Waals surface area contributed by atoms with Crippen LogP contribution in [0.1, 0.15) is 86.0 Å². The quantitative estimate of drug-likeness (QED) is 0.395. The fourth-order valence-corrected chi connectivity index (χ4v) is 2.47. The molecule has 0 aliphatic carbocycles. The largest absolute Gasteiger partial charge is 0.466 e. The molecule has 0 saturated carbocycles. The van der Waals surface area contributed by atoms with Crippen molar-refractivity contribution in [1.82, 2.24) is 0 Å². The summed E-state index contributed by atoms with van der Waals surface area (Å²) in [5.41, 5.74) is 0.364. The molecule has 2 heteroatoms. The maximum absolute atomic E-state index is 11.5. The van der Waals surface area contributed by atoms with Gasteiger partial charge in [0.1, 0.15) is 0 Å². The number of unbranched alkanes of at least 4 members (excludes halogenated alkanes) is 4. The Hall–Kier alpha value is -0.530. The molecular weight excluding hydrogens is 236 g/mol. The highest BCUT2D eigenvalue weighted by molar-refractivity contribution is 5.69. The first-order chi connectivity index (χ1) is 8.85. The summed E-state index contributed by atoms with van der Waals surface area (Å²) >= 11 is 0. The summed E-state index contributed by atoms with van der Waals surface area (Å²) < 4.78 is 5.29. The lowest BCUT2D eigenvalue weighted by Gasteiger charge is -2.22. The van der Waals surface area contributed by atoms with Gasteiger partial charge in [-0.3, -0.25) is 4.79 Å². The molecule has 114 valence electrons. The zero-order valence-electron chi connectivity index (χ0n) is 13.8. The van der Waals surface area contributed by atoms with Gasteiger partial charge in [-0.1, -0.05) is 60.3 Å². The van der Waals surface area contributed by atoms with Gasteiger partial charge in [0.25, 0.3) is 0 Å². The molecule has 1 atom stereocenters. The maximum Gasteiger partial charge on any atom is 0.305 e. The molecule has 19 heavy (non-hydrogen) atoms. The maximum atomic E-state index is 11.5. The van der Waals surface area contributed by atoms with Crippen LogP contribution >= 0.6 is 0 Å². The summed E-state index contributed by atoms with van der Waals surface area (Å²) in [6.07, 6.45) is 8.67. The van der Waals surface area contributed by atoms with Gasteiger partial charge in [0.15, 0.2) is 0 Å². The van der Waals surface area contributed by atoms with Crippen LogP contribution in [0, 0.1) is 11.3 Å². The zero-order valence-corrected chi connectivity index (χ0v) is 13.8. The van der Waals surface area contributed by atoms with E-state index in [1.165, 1.54) is 25.7 Å². The van der Waals surface area contributed by atoms with Crippen molar-refractivity contribution in [2.45, 2.75) is 86.0 Å². The van der Waals surface area contributed by atoms with Crippen molar-refractivity contribution in [2.75, 3.05) is 6.61 Å². The number of esters is 1. The Morgan fingerprint density at radius 2 is 1.74 bits per heavy atom. The van der Waals surface area contributed by atoms with E-state index in [2.05, 4.69) is 34.6 Å². The first-order valence-corrected chi connectivity index (χ1v) is 8.00. The molecule has 0 aliphatic heterocycles. The van der Waals surface area contributed by atoms with E-state index in [0.717, 1.165) is 19.3 Å². The third kappa shape index (κ3) is 13.7. The van der Waals surface area contributed by atoms with Crippen LogP contribution in [0.3, 0.4) is 0 Å². The topological polar surface area (TPSA) is 26.3 Å². The summed E-state index contributed by atoms with van der Waals surface area (Å²) in [5.74, 6) is 0.608. The molecule has 0 rings (SSSR count). The van der Waals surface area contributed by atoms with Gasteiger partial charge in [0, 0.05) is 6.42 Å².